The number of nitrogens with zero attached hydrogens (tertiary/aromatic N) is 1. The predicted molar refractivity (Wildman–Crippen MR) is 77.5 cm³/mol. The van der Waals surface area contributed by atoms with Gasteiger partial charge in [0.2, 0.25) is 0 Å². The van der Waals surface area contributed by atoms with Crippen LogP contribution in [-0.4, -0.2) is 36.1 Å². The van der Waals surface area contributed by atoms with E-state index in [1.807, 2.05) is 0 Å². The summed E-state index contributed by atoms with van der Waals surface area (Å²) in [6.45, 7) is 5.75. The Bertz CT molecular complexity index is 465. The van der Waals surface area contributed by atoms with Crippen molar-refractivity contribution >= 4 is 5.91 Å². The standard InChI is InChI=1S/C16H23NO3/c1-11-7-12(2)10-17(9-11)16(19)15(18)13-5-4-6-14(8-13)20-3/h4-6,8,11-12,15,18H,7,9-10H2,1-3H3. The third kappa shape index (κ3) is 3.31. The van der Waals surface area contributed by atoms with Crippen molar-refractivity contribution < 1.29 is 14.6 Å². The Labute approximate surface area is 120 Å². The summed E-state index contributed by atoms with van der Waals surface area (Å²) in [6.07, 6.45) is 0.0292. The highest BCUT2D eigenvalue weighted by atomic mass is 16.5. The molecule has 4 nitrogen and oxygen atoms in total. The Hall–Kier alpha value is -1.55. The molecule has 0 spiro atoms. The Kier molecular flexibility index (Phi) is 4.65. The van der Waals surface area contributed by atoms with Gasteiger partial charge in [-0.25, -0.2) is 0 Å². The van der Waals surface area contributed by atoms with E-state index in [1.165, 1.54) is 0 Å². The topological polar surface area (TPSA) is 49.8 Å². The minimum absolute atomic E-state index is 0.211. The molecule has 1 aliphatic rings. The quantitative estimate of drug-likeness (QED) is 0.921. The number of amides is 1. The molecular weight excluding hydrogens is 254 g/mol. The number of piperidine rings is 1. The van der Waals surface area contributed by atoms with E-state index in [-0.39, 0.29) is 5.91 Å². The van der Waals surface area contributed by atoms with Crippen molar-refractivity contribution in [3.63, 3.8) is 0 Å². The number of carbonyl (C=O) groups excluding carboxylic acids is 1. The lowest BCUT2D eigenvalue weighted by Crippen LogP contribution is -2.44. The summed E-state index contributed by atoms with van der Waals surface area (Å²) in [7, 11) is 1.57. The van der Waals surface area contributed by atoms with Gasteiger partial charge in [-0.1, -0.05) is 26.0 Å². The maximum absolute atomic E-state index is 12.4. The largest absolute Gasteiger partial charge is 0.497 e. The molecule has 3 unspecified atom stereocenters. The molecule has 1 N–H and O–H groups in total. The maximum Gasteiger partial charge on any atom is 0.256 e. The summed E-state index contributed by atoms with van der Waals surface area (Å²) in [5.41, 5.74) is 0.584. The normalized spacial score (nSPS) is 24.3. The Balaban J connectivity index is 2.11. The number of aliphatic hydroxyl groups is 1. The summed E-state index contributed by atoms with van der Waals surface area (Å²) in [6, 6.07) is 7.04. The first-order chi connectivity index (χ1) is 9.51. The Morgan fingerprint density at radius 2 is 2.00 bits per heavy atom. The first kappa shape index (κ1) is 14.9. The molecule has 20 heavy (non-hydrogen) atoms. The van der Waals surface area contributed by atoms with Crippen molar-refractivity contribution in [2.75, 3.05) is 20.2 Å². The van der Waals surface area contributed by atoms with E-state index in [0.717, 1.165) is 19.5 Å². The van der Waals surface area contributed by atoms with Crippen molar-refractivity contribution in [1.82, 2.24) is 4.90 Å². The van der Waals surface area contributed by atoms with E-state index in [0.29, 0.717) is 23.1 Å². The number of hydrogen-bond donors (Lipinski definition) is 1. The van der Waals surface area contributed by atoms with Crippen LogP contribution < -0.4 is 4.74 Å². The third-order valence-corrected chi connectivity index (χ3v) is 3.82. The maximum atomic E-state index is 12.4. The van der Waals surface area contributed by atoms with Crippen molar-refractivity contribution in [1.29, 1.82) is 0 Å². The molecule has 0 bridgehead atoms. The lowest BCUT2D eigenvalue weighted by atomic mass is 9.91. The first-order valence-corrected chi connectivity index (χ1v) is 7.12. The van der Waals surface area contributed by atoms with Crippen LogP contribution in [0.1, 0.15) is 31.9 Å². The van der Waals surface area contributed by atoms with Crippen LogP contribution in [0.4, 0.5) is 0 Å². The molecule has 0 saturated carbocycles. The fraction of sp³-hybridized carbons (Fsp3) is 0.562. The van der Waals surface area contributed by atoms with Gasteiger partial charge in [-0.15, -0.1) is 0 Å². The van der Waals surface area contributed by atoms with Gasteiger partial charge in [-0.2, -0.15) is 0 Å². The summed E-state index contributed by atoms with van der Waals surface area (Å²) >= 11 is 0. The van der Waals surface area contributed by atoms with E-state index < -0.39 is 6.10 Å². The first-order valence-electron chi connectivity index (χ1n) is 7.12. The van der Waals surface area contributed by atoms with Crippen LogP contribution in [0.3, 0.4) is 0 Å². The zero-order chi connectivity index (χ0) is 14.7. The second-order valence-corrected chi connectivity index (χ2v) is 5.87. The summed E-state index contributed by atoms with van der Waals surface area (Å²) < 4.78 is 5.13. The second-order valence-electron chi connectivity index (χ2n) is 5.87. The van der Waals surface area contributed by atoms with Gasteiger partial charge in [0.05, 0.1) is 7.11 Å². The molecule has 1 aromatic rings. The molecule has 1 amide bonds. The van der Waals surface area contributed by atoms with Crippen LogP contribution in [0.15, 0.2) is 24.3 Å². The molecular formula is C16H23NO3. The number of hydrogen-bond acceptors (Lipinski definition) is 3. The van der Waals surface area contributed by atoms with E-state index in [1.54, 1.807) is 36.3 Å². The zero-order valence-electron chi connectivity index (χ0n) is 12.4. The third-order valence-electron chi connectivity index (χ3n) is 3.82. The van der Waals surface area contributed by atoms with Gasteiger partial charge in [0.15, 0.2) is 6.10 Å². The number of aliphatic hydroxyl groups excluding tert-OH is 1. The van der Waals surface area contributed by atoms with E-state index >= 15 is 0 Å². The summed E-state index contributed by atoms with van der Waals surface area (Å²) in [5.74, 6) is 1.41. The van der Waals surface area contributed by atoms with Crippen molar-refractivity contribution in [2.45, 2.75) is 26.4 Å². The average molecular weight is 277 g/mol. The number of ether oxygens (including phenoxy) is 1. The number of carbonyl (C=O) groups is 1. The molecule has 1 saturated heterocycles. The molecule has 4 heteroatoms. The molecule has 1 heterocycles. The molecule has 110 valence electrons. The average Bonchev–Trinajstić information content (AvgIpc) is 2.44. The summed E-state index contributed by atoms with van der Waals surface area (Å²) in [5, 5.41) is 10.3. The second kappa shape index (κ2) is 6.27. The van der Waals surface area contributed by atoms with Gasteiger partial charge in [0.25, 0.3) is 5.91 Å². The Morgan fingerprint density at radius 1 is 1.35 bits per heavy atom. The minimum atomic E-state index is -1.11. The van der Waals surface area contributed by atoms with Gasteiger partial charge in [-0.05, 0) is 36.0 Å². The zero-order valence-corrected chi connectivity index (χ0v) is 12.4. The monoisotopic (exact) mass is 277 g/mol. The van der Waals surface area contributed by atoms with Crippen LogP contribution in [0.25, 0.3) is 0 Å². The SMILES string of the molecule is COc1cccc(C(O)C(=O)N2CC(C)CC(C)C2)c1. The number of rotatable bonds is 3. The van der Waals surface area contributed by atoms with Crippen molar-refractivity contribution in [3.8, 4) is 5.75 Å². The number of benzene rings is 1. The molecule has 1 aliphatic heterocycles. The van der Waals surface area contributed by atoms with E-state index in [4.69, 9.17) is 4.74 Å². The van der Waals surface area contributed by atoms with Crippen LogP contribution in [0.2, 0.25) is 0 Å². The fourth-order valence-electron chi connectivity index (χ4n) is 2.97. The van der Waals surface area contributed by atoms with E-state index in [2.05, 4.69) is 13.8 Å². The lowest BCUT2D eigenvalue weighted by molar-refractivity contribution is -0.143. The molecule has 0 aliphatic carbocycles. The fourth-order valence-corrected chi connectivity index (χ4v) is 2.97. The number of likely N-dealkylation sites (tertiary alicyclic amines) is 1. The molecule has 2 rings (SSSR count). The summed E-state index contributed by atoms with van der Waals surface area (Å²) in [4.78, 5) is 14.2. The van der Waals surface area contributed by atoms with Gasteiger partial charge >= 0.3 is 0 Å². The molecule has 1 aromatic carbocycles. The van der Waals surface area contributed by atoms with Crippen molar-refractivity contribution in [2.24, 2.45) is 11.8 Å². The highest BCUT2D eigenvalue weighted by molar-refractivity contribution is 5.82. The Morgan fingerprint density at radius 3 is 2.60 bits per heavy atom. The molecule has 0 radical (unpaired) electrons. The van der Waals surface area contributed by atoms with Gasteiger partial charge in [0, 0.05) is 13.1 Å². The predicted octanol–water partition coefficient (Wildman–Crippen LogP) is 2.23. The lowest BCUT2D eigenvalue weighted by Gasteiger charge is -2.36. The van der Waals surface area contributed by atoms with Crippen LogP contribution >= 0.6 is 0 Å². The molecule has 0 aromatic heterocycles. The number of methoxy groups -OCH3 is 1. The van der Waals surface area contributed by atoms with Crippen LogP contribution in [0.5, 0.6) is 5.75 Å². The van der Waals surface area contributed by atoms with Gasteiger partial charge < -0.3 is 14.7 Å². The minimum Gasteiger partial charge on any atom is -0.497 e. The van der Waals surface area contributed by atoms with Gasteiger partial charge in [0.1, 0.15) is 5.75 Å². The smallest absolute Gasteiger partial charge is 0.256 e. The van der Waals surface area contributed by atoms with E-state index in [9.17, 15) is 9.90 Å². The molecule has 1 fully saturated rings. The van der Waals surface area contributed by atoms with Crippen LogP contribution in [0, 0.1) is 11.8 Å². The molecule has 3 atom stereocenters. The highest BCUT2D eigenvalue weighted by Crippen LogP contribution is 2.25. The van der Waals surface area contributed by atoms with Gasteiger partial charge in [-0.3, -0.25) is 4.79 Å². The highest BCUT2D eigenvalue weighted by Gasteiger charge is 2.30. The van der Waals surface area contributed by atoms with Crippen LogP contribution in [-0.2, 0) is 4.79 Å². The van der Waals surface area contributed by atoms with Crippen molar-refractivity contribution in [3.05, 3.63) is 29.8 Å².